The van der Waals surface area contributed by atoms with Gasteiger partial charge >= 0.3 is 0 Å². The standard InChI is InChI=1S/C12H13N3O2S/c1-3-15-11(17)9(10(16)13-12(15)18)7-8-5-4-6-14(8)2/h4-7H,3H2,1-2H3,(H,13,16,18)/b9-7-. The largest absolute Gasteiger partial charge is 0.351 e. The Balaban J connectivity index is 2.40. The number of amides is 2. The van der Waals surface area contributed by atoms with Gasteiger partial charge in [0, 0.05) is 25.5 Å². The van der Waals surface area contributed by atoms with Gasteiger partial charge in [-0.05, 0) is 37.4 Å². The van der Waals surface area contributed by atoms with Crippen LogP contribution in [0, 0.1) is 0 Å². The van der Waals surface area contributed by atoms with E-state index in [1.807, 2.05) is 36.9 Å². The maximum absolute atomic E-state index is 12.1. The molecule has 1 saturated heterocycles. The van der Waals surface area contributed by atoms with Gasteiger partial charge in [0.05, 0.1) is 0 Å². The molecular weight excluding hydrogens is 250 g/mol. The van der Waals surface area contributed by atoms with Gasteiger partial charge in [-0.1, -0.05) is 0 Å². The molecule has 0 unspecified atom stereocenters. The van der Waals surface area contributed by atoms with Crippen LogP contribution in [0.4, 0.5) is 0 Å². The summed E-state index contributed by atoms with van der Waals surface area (Å²) in [6, 6.07) is 3.68. The van der Waals surface area contributed by atoms with E-state index in [2.05, 4.69) is 5.32 Å². The van der Waals surface area contributed by atoms with Crippen LogP contribution in [0.1, 0.15) is 12.6 Å². The molecule has 0 aliphatic carbocycles. The summed E-state index contributed by atoms with van der Waals surface area (Å²) < 4.78 is 1.83. The average molecular weight is 263 g/mol. The van der Waals surface area contributed by atoms with Crippen molar-refractivity contribution in [1.82, 2.24) is 14.8 Å². The van der Waals surface area contributed by atoms with Crippen LogP contribution in [-0.2, 0) is 16.6 Å². The Morgan fingerprint density at radius 1 is 1.44 bits per heavy atom. The SMILES string of the molecule is CCN1C(=O)/C(=C\c2cccn2C)C(=O)NC1=S. The molecule has 18 heavy (non-hydrogen) atoms. The molecule has 1 fully saturated rings. The van der Waals surface area contributed by atoms with E-state index < -0.39 is 5.91 Å². The van der Waals surface area contributed by atoms with Crippen molar-refractivity contribution in [3.63, 3.8) is 0 Å². The zero-order chi connectivity index (χ0) is 13.3. The lowest BCUT2D eigenvalue weighted by molar-refractivity contribution is -0.128. The van der Waals surface area contributed by atoms with Gasteiger partial charge in [-0.2, -0.15) is 0 Å². The van der Waals surface area contributed by atoms with Crippen LogP contribution in [0.2, 0.25) is 0 Å². The molecule has 2 rings (SSSR count). The number of carbonyl (C=O) groups is 2. The number of hydrogen-bond acceptors (Lipinski definition) is 3. The maximum Gasteiger partial charge on any atom is 0.265 e. The highest BCUT2D eigenvalue weighted by Gasteiger charge is 2.32. The first-order valence-corrected chi connectivity index (χ1v) is 5.95. The molecule has 1 aromatic rings. The highest BCUT2D eigenvalue weighted by atomic mass is 32.1. The minimum atomic E-state index is -0.448. The molecule has 1 aliphatic rings. The minimum Gasteiger partial charge on any atom is -0.351 e. The smallest absolute Gasteiger partial charge is 0.265 e. The molecular formula is C12H13N3O2S. The zero-order valence-electron chi connectivity index (χ0n) is 10.1. The van der Waals surface area contributed by atoms with Gasteiger partial charge in [0.15, 0.2) is 5.11 Å². The Morgan fingerprint density at radius 2 is 2.17 bits per heavy atom. The highest BCUT2D eigenvalue weighted by molar-refractivity contribution is 7.80. The summed E-state index contributed by atoms with van der Waals surface area (Å²) >= 11 is 4.95. The Kier molecular flexibility index (Phi) is 3.29. The van der Waals surface area contributed by atoms with Crippen molar-refractivity contribution < 1.29 is 9.59 Å². The predicted octanol–water partition coefficient (Wildman–Crippen LogP) is 0.672. The van der Waals surface area contributed by atoms with Crippen molar-refractivity contribution in [2.75, 3.05) is 6.54 Å². The van der Waals surface area contributed by atoms with Gasteiger partial charge in [-0.15, -0.1) is 0 Å². The lowest BCUT2D eigenvalue weighted by Crippen LogP contribution is -2.53. The van der Waals surface area contributed by atoms with Crippen molar-refractivity contribution in [3.8, 4) is 0 Å². The van der Waals surface area contributed by atoms with E-state index in [4.69, 9.17) is 12.2 Å². The second-order valence-corrected chi connectivity index (χ2v) is 4.30. The molecule has 94 valence electrons. The summed E-state index contributed by atoms with van der Waals surface area (Å²) in [6.07, 6.45) is 3.42. The van der Waals surface area contributed by atoms with Gasteiger partial charge in [0.1, 0.15) is 5.57 Å². The molecule has 2 heterocycles. The topological polar surface area (TPSA) is 54.3 Å². The van der Waals surface area contributed by atoms with Crippen molar-refractivity contribution >= 4 is 35.2 Å². The van der Waals surface area contributed by atoms with Gasteiger partial charge in [0.2, 0.25) is 0 Å². The second-order valence-electron chi connectivity index (χ2n) is 3.91. The first kappa shape index (κ1) is 12.5. The Labute approximate surface area is 110 Å². The van der Waals surface area contributed by atoms with Gasteiger partial charge in [0.25, 0.3) is 11.8 Å². The van der Waals surface area contributed by atoms with E-state index in [-0.39, 0.29) is 16.6 Å². The summed E-state index contributed by atoms with van der Waals surface area (Å²) in [4.78, 5) is 25.3. The average Bonchev–Trinajstić information content (AvgIpc) is 2.70. The molecule has 0 aromatic carbocycles. The van der Waals surface area contributed by atoms with E-state index in [1.54, 1.807) is 6.08 Å². The number of likely N-dealkylation sites (N-methyl/N-ethyl adjacent to an activating group) is 1. The molecule has 0 spiro atoms. The van der Waals surface area contributed by atoms with E-state index in [1.165, 1.54) is 4.90 Å². The van der Waals surface area contributed by atoms with E-state index >= 15 is 0 Å². The summed E-state index contributed by atoms with van der Waals surface area (Å²) in [5, 5.41) is 2.68. The third-order valence-corrected chi connectivity index (χ3v) is 3.10. The molecule has 2 amide bonds. The molecule has 0 radical (unpaired) electrons. The summed E-state index contributed by atoms with van der Waals surface area (Å²) in [5.74, 6) is -0.802. The fourth-order valence-electron chi connectivity index (χ4n) is 1.75. The van der Waals surface area contributed by atoms with Crippen LogP contribution < -0.4 is 5.32 Å². The fourth-order valence-corrected chi connectivity index (χ4v) is 2.06. The number of rotatable bonds is 2. The first-order chi connectivity index (χ1) is 8.54. The van der Waals surface area contributed by atoms with Crippen LogP contribution in [0.5, 0.6) is 0 Å². The van der Waals surface area contributed by atoms with Crippen LogP contribution in [0.15, 0.2) is 23.9 Å². The highest BCUT2D eigenvalue weighted by Crippen LogP contribution is 2.14. The number of nitrogens with one attached hydrogen (secondary N) is 1. The van der Waals surface area contributed by atoms with Gasteiger partial charge in [-0.3, -0.25) is 19.8 Å². The summed E-state index contributed by atoms with van der Waals surface area (Å²) in [6.45, 7) is 2.24. The monoisotopic (exact) mass is 263 g/mol. The number of aryl methyl sites for hydroxylation is 1. The van der Waals surface area contributed by atoms with E-state index in [0.717, 1.165) is 5.69 Å². The van der Waals surface area contributed by atoms with Crippen molar-refractivity contribution in [1.29, 1.82) is 0 Å². The number of nitrogens with zero attached hydrogens (tertiary/aromatic N) is 2. The van der Waals surface area contributed by atoms with Crippen molar-refractivity contribution in [3.05, 3.63) is 29.6 Å². The molecule has 0 saturated carbocycles. The number of hydrogen-bond donors (Lipinski definition) is 1. The molecule has 6 heteroatoms. The third kappa shape index (κ3) is 2.06. The second kappa shape index (κ2) is 4.73. The van der Waals surface area contributed by atoms with E-state index in [9.17, 15) is 9.59 Å². The number of carbonyl (C=O) groups excluding carboxylic acids is 2. The summed E-state index contributed by atoms with van der Waals surface area (Å²) in [7, 11) is 1.85. The molecule has 1 N–H and O–H groups in total. The molecule has 0 atom stereocenters. The van der Waals surface area contributed by atoms with Crippen molar-refractivity contribution in [2.45, 2.75) is 6.92 Å². The summed E-state index contributed by atoms with van der Waals surface area (Å²) in [5.41, 5.74) is 0.893. The van der Waals surface area contributed by atoms with E-state index in [0.29, 0.717) is 6.54 Å². The van der Waals surface area contributed by atoms with Crippen molar-refractivity contribution in [2.24, 2.45) is 7.05 Å². The maximum atomic E-state index is 12.1. The normalized spacial score (nSPS) is 18.4. The lowest BCUT2D eigenvalue weighted by Gasteiger charge is -2.27. The van der Waals surface area contributed by atoms with Crippen LogP contribution in [0.25, 0.3) is 6.08 Å². The molecule has 0 bridgehead atoms. The number of aromatic nitrogens is 1. The Hall–Kier alpha value is -1.95. The fraction of sp³-hybridized carbons (Fsp3) is 0.250. The Bertz CT molecular complexity index is 559. The van der Waals surface area contributed by atoms with Crippen LogP contribution in [0.3, 0.4) is 0 Å². The van der Waals surface area contributed by atoms with Crippen LogP contribution >= 0.6 is 12.2 Å². The lowest BCUT2D eigenvalue weighted by atomic mass is 10.1. The number of thiocarbonyl (C=S) groups is 1. The van der Waals surface area contributed by atoms with Gasteiger partial charge < -0.3 is 4.57 Å². The predicted molar refractivity (Wildman–Crippen MR) is 71.5 cm³/mol. The quantitative estimate of drug-likeness (QED) is 0.485. The first-order valence-electron chi connectivity index (χ1n) is 5.54. The van der Waals surface area contributed by atoms with Gasteiger partial charge in [-0.25, -0.2) is 0 Å². The molecule has 1 aliphatic heterocycles. The molecule has 5 nitrogen and oxygen atoms in total. The third-order valence-electron chi connectivity index (χ3n) is 2.78. The Morgan fingerprint density at radius 3 is 2.72 bits per heavy atom. The van der Waals surface area contributed by atoms with Crippen LogP contribution in [-0.4, -0.2) is 32.9 Å². The molecule has 1 aromatic heterocycles. The zero-order valence-corrected chi connectivity index (χ0v) is 11.0. The minimum absolute atomic E-state index is 0.104.